The van der Waals surface area contributed by atoms with Crippen molar-refractivity contribution in [3.05, 3.63) is 46.8 Å². The highest BCUT2D eigenvalue weighted by Gasteiger charge is 2.08. The maximum Gasteiger partial charge on any atom is 0.136 e. The molecule has 4 heteroatoms. The van der Waals surface area contributed by atoms with Crippen molar-refractivity contribution in [2.24, 2.45) is 0 Å². The normalized spacial score (nSPS) is 10.3. The van der Waals surface area contributed by atoms with E-state index < -0.39 is 0 Å². The monoisotopic (exact) mass is 269 g/mol. The van der Waals surface area contributed by atoms with Crippen molar-refractivity contribution in [1.82, 2.24) is 9.78 Å². The molecule has 0 aliphatic carbocycles. The molecule has 4 nitrogen and oxygen atoms in total. The fraction of sp³-hybridized carbons (Fsp3) is 0.375. The summed E-state index contributed by atoms with van der Waals surface area (Å²) in [6, 6.07) is 9.94. The first-order valence-electron chi connectivity index (χ1n) is 6.84. The number of rotatable bonds is 5. The van der Waals surface area contributed by atoms with Crippen molar-refractivity contribution in [3.8, 4) is 11.8 Å². The van der Waals surface area contributed by atoms with Crippen LogP contribution >= 0.6 is 0 Å². The van der Waals surface area contributed by atoms with Crippen LogP contribution in [0, 0.1) is 11.3 Å². The lowest BCUT2D eigenvalue weighted by atomic mass is 10.1. The van der Waals surface area contributed by atoms with Crippen molar-refractivity contribution in [1.29, 1.82) is 5.26 Å². The standard InChI is InChI=1S/C16H19N3O/c1-4-14-9-15(5-2)19(18-14)11-12-6-7-13(10-17)16(8-12)20-3/h6-9H,4-5,11H2,1-3H3. The van der Waals surface area contributed by atoms with E-state index in [1.807, 2.05) is 16.8 Å². The average Bonchev–Trinajstić information content (AvgIpc) is 2.89. The molecule has 20 heavy (non-hydrogen) atoms. The van der Waals surface area contributed by atoms with Gasteiger partial charge in [-0.3, -0.25) is 4.68 Å². The Bertz CT molecular complexity index is 638. The number of ether oxygens (including phenoxy) is 1. The van der Waals surface area contributed by atoms with E-state index in [-0.39, 0.29) is 0 Å². The lowest BCUT2D eigenvalue weighted by Crippen LogP contribution is -2.06. The zero-order chi connectivity index (χ0) is 14.5. The molecule has 0 saturated carbocycles. The van der Waals surface area contributed by atoms with Gasteiger partial charge in [-0.05, 0) is 36.6 Å². The minimum absolute atomic E-state index is 0.557. The molecule has 1 aromatic carbocycles. The van der Waals surface area contributed by atoms with Gasteiger partial charge in [0.25, 0.3) is 0 Å². The Hall–Kier alpha value is -2.28. The van der Waals surface area contributed by atoms with Crippen LogP contribution in [0.2, 0.25) is 0 Å². The van der Waals surface area contributed by atoms with E-state index in [1.54, 1.807) is 13.2 Å². The predicted molar refractivity (Wildman–Crippen MR) is 77.8 cm³/mol. The molecule has 2 aromatic rings. The van der Waals surface area contributed by atoms with Crippen molar-refractivity contribution in [2.75, 3.05) is 7.11 Å². The number of hydrogen-bond acceptors (Lipinski definition) is 3. The smallest absolute Gasteiger partial charge is 0.136 e. The molecule has 0 amide bonds. The van der Waals surface area contributed by atoms with Gasteiger partial charge in [0.05, 0.1) is 24.9 Å². The number of nitriles is 1. The van der Waals surface area contributed by atoms with Crippen LogP contribution in [0.1, 0.15) is 36.4 Å². The third-order valence-electron chi connectivity index (χ3n) is 3.36. The number of hydrogen-bond donors (Lipinski definition) is 0. The fourth-order valence-electron chi connectivity index (χ4n) is 2.21. The first-order valence-corrected chi connectivity index (χ1v) is 6.84. The summed E-state index contributed by atoms with van der Waals surface area (Å²) in [5.74, 6) is 0.617. The number of methoxy groups -OCH3 is 1. The van der Waals surface area contributed by atoms with Crippen LogP contribution in [0.5, 0.6) is 5.75 Å². The number of aryl methyl sites for hydroxylation is 2. The quantitative estimate of drug-likeness (QED) is 0.838. The minimum Gasteiger partial charge on any atom is -0.495 e. The molecule has 0 aliphatic heterocycles. The van der Waals surface area contributed by atoms with Gasteiger partial charge >= 0.3 is 0 Å². The van der Waals surface area contributed by atoms with E-state index >= 15 is 0 Å². The van der Waals surface area contributed by atoms with Gasteiger partial charge < -0.3 is 4.74 Å². The van der Waals surface area contributed by atoms with E-state index in [1.165, 1.54) is 5.69 Å². The van der Waals surface area contributed by atoms with Gasteiger partial charge in [0.1, 0.15) is 11.8 Å². The Balaban J connectivity index is 2.30. The second kappa shape index (κ2) is 6.25. The maximum absolute atomic E-state index is 9.00. The molecule has 0 N–H and O–H groups in total. The topological polar surface area (TPSA) is 50.8 Å². The largest absolute Gasteiger partial charge is 0.495 e. The molecule has 0 fully saturated rings. The molecule has 0 atom stereocenters. The molecule has 0 aliphatic rings. The predicted octanol–water partition coefficient (Wildman–Crippen LogP) is 2.94. The van der Waals surface area contributed by atoms with Crippen molar-refractivity contribution in [2.45, 2.75) is 33.2 Å². The Kier molecular flexibility index (Phi) is 4.41. The Morgan fingerprint density at radius 1 is 1.25 bits per heavy atom. The summed E-state index contributed by atoms with van der Waals surface area (Å²) >= 11 is 0. The number of benzene rings is 1. The van der Waals surface area contributed by atoms with E-state index in [2.05, 4.69) is 31.1 Å². The highest BCUT2D eigenvalue weighted by Crippen LogP contribution is 2.20. The number of nitrogens with zero attached hydrogens (tertiary/aromatic N) is 3. The first kappa shape index (κ1) is 14.1. The van der Waals surface area contributed by atoms with Crippen LogP contribution in [0.15, 0.2) is 24.3 Å². The summed E-state index contributed by atoms with van der Waals surface area (Å²) in [7, 11) is 1.58. The molecule has 1 heterocycles. The van der Waals surface area contributed by atoms with Crippen molar-refractivity contribution >= 4 is 0 Å². The summed E-state index contributed by atoms with van der Waals surface area (Å²) in [5.41, 5.74) is 3.98. The first-order chi connectivity index (χ1) is 9.71. The van der Waals surface area contributed by atoms with Crippen molar-refractivity contribution in [3.63, 3.8) is 0 Å². The molecule has 0 unspecified atom stereocenters. The van der Waals surface area contributed by atoms with E-state index in [0.29, 0.717) is 17.9 Å². The lowest BCUT2D eigenvalue weighted by molar-refractivity contribution is 0.412. The molecule has 104 valence electrons. The molecule has 0 saturated heterocycles. The van der Waals surface area contributed by atoms with E-state index in [0.717, 1.165) is 24.1 Å². The van der Waals surface area contributed by atoms with Gasteiger partial charge in [0.15, 0.2) is 0 Å². The van der Waals surface area contributed by atoms with E-state index in [4.69, 9.17) is 10.00 Å². The molecule has 2 rings (SSSR count). The fourth-order valence-corrected chi connectivity index (χ4v) is 2.21. The minimum atomic E-state index is 0.557. The van der Waals surface area contributed by atoms with Gasteiger partial charge in [-0.2, -0.15) is 10.4 Å². The summed E-state index contributed by atoms with van der Waals surface area (Å²) in [4.78, 5) is 0. The van der Waals surface area contributed by atoms with Gasteiger partial charge in [-0.1, -0.05) is 19.9 Å². The molecular formula is C16H19N3O. The average molecular weight is 269 g/mol. The third kappa shape index (κ3) is 2.83. The lowest BCUT2D eigenvalue weighted by Gasteiger charge is -2.09. The van der Waals surface area contributed by atoms with Crippen molar-refractivity contribution < 1.29 is 4.74 Å². The van der Waals surface area contributed by atoms with Crippen LogP contribution in [0.4, 0.5) is 0 Å². The molecule has 0 radical (unpaired) electrons. The van der Waals surface area contributed by atoms with Crippen LogP contribution in [-0.4, -0.2) is 16.9 Å². The van der Waals surface area contributed by atoms with Crippen LogP contribution < -0.4 is 4.74 Å². The highest BCUT2D eigenvalue weighted by molar-refractivity contribution is 5.45. The molecular weight excluding hydrogens is 250 g/mol. The SMILES string of the molecule is CCc1cc(CC)n(Cc2ccc(C#N)c(OC)c2)n1. The second-order valence-electron chi connectivity index (χ2n) is 4.64. The second-order valence-corrected chi connectivity index (χ2v) is 4.64. The van der Waals surface area contributed by atoms with Gasteiger partial charge in [-0.15, -0.1) is 0 Å². The summed E-state index contributed by atoms with van der Waals surface area (Å²) in [5, 5.41) is 13.6. The maximum atomic E-state index is 9.00. The van der Waals surface area contributed by atoms with Crippen LogP contribution in [-0.2, 0) is 19.4 Å². The Labute approximate surface area is 119 Å². The number of aromatic nitrogens is 2. The zero-order valence-electron chi connectivity index (χ0n) is 12.2. The van der Waals surface area contributed by atoms with Gasteiger partial charge in [-0.25, -0.2) is 0 Å². The van der Waals surface area contributed by atoms with E-state index in [9.17, 15) is 0 Å². The Morgan fingerprint density at radius 3 is 2.65 bits per heavy atom. The van der Waals surface area contributed by atoms with Gasteiger partial charge in [0.2, 0.25) is 0 Å². The summed E-state index contributed by atoms with van der Waals surface area (Å²) in [6.07, 6.45) is 1.90. The summed E-state index contributed by atoms with van der Waals surface area (Å²) < 4.78 is 7.27. The molecule has 0 spiro atoms. The Morgan fingerprint density at radius 2 is 2.05 bits per heavy atom. The van der Waals surface area contributed by atoms with Crippen LogP contribution in [0.25, 0.3) is 0 Å². The summed E-state index contributed by atoms with van der Waals surface area (Å²) in [6.45, 7) is 4.94. The van der Waals surface area contributed by atoms with Gasteiger partial charge in [0, 0.05) is 5.69 Å². The highest BCUT2D eigenvalue weighted by atomic mass is 16.5. The van der Waals surface area contributed by atoms with Crippen LogP contribution in [0.3, 0.4) is 0 Å². The third-order valence-corrected chi connectivity index (χ3v) is 3.36. The molecule has 1 aromatic heterocycles. The molecule has 0 bridgehead atoms. The zero-order valence-corrected chi connectivity index (χ0v) is 12.2.